The van der Waals surface area contributed by atoms with Crippen LogP contribution in [0.5, 0.6) is 5.75 Å². The van der Waals surface area contributed by atoms with E-state index in [0.717, 1.165) is 23.2 Å². The van der Waals surface area contributed by atoms with Gasteiger partial charge in [0, 0.05) is 26.2 Å². The molecule has 2 aliphatic rings. The van der Waals surface area contributed by atoms with E-state index in [9.17, 15) is 0 Å². The van der Waals surface area contributed by atoms with Crippen molar-refractivity contribution >= 4 is 27.3 Å². The zero-order valence-electron chi connectivity index (χ0n) is 12.0. The van der Waals surface area contributed by atoms with Crippen molar-refractivity contribution in [2.75, 3.05) is 13.7 Å². The maximum atomic E-state index is 5.91. The van der Waals surface area contributed by atoms with Gasteiger partial charge in [0.25, 0.3) is 0 Å². The van der Waals surface area contributed by atoms with Gasteiger partial charge in [0.2, 0.25) is 0 Å². The second kappa shape index (κ2) is 5.41. The monoisotopic (exact) mass is 363 g/mol. The molecule has 21 heavy (non-hydrogen) atoms. The fourth-order valence-corrected chi connectivity index (χ4v) is 5.37. The Morgan fingerprint density at radius 3 is 2.90 bits per heavy atom. The van der Waals surface area contributed by atoms with Gasteiger partial charge in [0.15, 0.2) is 0 Å². The van der Waals surface area contributed by atoms with E-state index in [1.807, 2.05) is 18.4 Å². The summed E-state index contributed by atoms with van der Waals surface area (Å²) >= 11 is 5.62. The van der Waals surface area contributed by atoms with Gasteiger partial charge in [-0.2, -0.15) is 0 Å². The quantitative estimate of drug-likeness (QED) is 0.880. The number of fused-ring (bicyclic) bond motifs is 2. The summed E-state index contributed by atoms with van der Waals surface area (Å²) in [5, 5.41) is 3.49. The van der Waals surface area contributed by atoms with Gasteiger partial charge in [-0.05, 0) is 55.6 Å². The maximum Gasteiger partial charge on any atom is 0.127 e. The van der Waals surface area contributed by atoms with Gasteiger partial charge in [-0.1, -0.05) is 15.9 Å². The second-order valence-electron chi connectivity index (χ2n) is 5.75. The molecule has 0 amide bonds. The Morgan fingerprint density at radius 2 is 2.10 bits per heavy atom. The van der Waals surface area contributed by atoms with Crippen molar-refractivity contribution in [3.8, 4) is 5.75 Å². The van der Waals surface area contributed by atoms with Crippen molar-refractivity contribution in [3.05, 3.63) is 49.1 Å². The number of ether oxygens (including phenoxy) is 1. The molecular weight excluding hydrogens is 346 g/mol. The van der Waals surface area contributed by atoms with Crippen LogP contribution in [0.25, 0.3) is 0 Å². The molecule has 0 saturated heterocycles. The van der Waals surface area contributed by atoms with Crippen LogP contribution in [0.15, 0.2) is 22.7 Å². The van der Waals surface area contributed by atoms with Gasteiger partial charge >= 0.3 is 0 Å². The first-order chi connectivity index (χ1) is 10.3. The molecule has 1 aromatic carbocycles. The Bertz CT molecular complexity index is 673. The molecule has 0 fully saturated rings. The number of aryl methyl sites for hydroxylation is 2. The highest BCUT2D eigenvalue weighted by Crippen LogP contribution is 2.42. The highest BCUT2D eigenvalue weighted by atomic mass is 79.9. The molecule has 0 radical (unpaired) electrons. The summed E-state index contributed by atoms with van der Waals surface area (Å²) in [5.41, 5.74) is 4.14. The third kappa shape index (κ3) is 2.33. The number of nitrogens with one attached hydrogen (secondary N) is 1. The Morgan fingerprint density at radius 1 is 1.19 bits per heavy atom. The van der Waals surface area contributed by atoms with Crippen LogP contribution in [0.3, 0.4) is 0 Å². The first-order valence-corrected chi connectivity index (χ1v) is 9.11. The zero-order valence-corrected chi connectivity index (χ0v) is 14.4. The number of rotatable bonds is 3. The van der Waals surface area contributed by atoms with Crippen molar-refractivity contribution in [2.45, 2.75) is 31.7 Å². The van der Waals surface area contributed by atoms with Crippen LogP contribution in [0.2, 0.25) is 0 Å². The van der Waals surface area contributed by atoms with Gasteiger partial charge in [0.1, 0.15) is 5.75 Å². The predicted molar refractivity (Wildman–Crippen MR) is 90.6 cm³/mol. The molecule has 1 aromatic heterocycles. The Balaban J connectivity index is 1.79. The van der Waals surface area contributed by atoms with Crippen LogP contribution < -0.4 is 10.1 Å². The highest BCUT2D eigenvalue weighted by molar-refractivity contribution is 9.10. The number of benzene rings is 1. The number of hydrogen-bond donors (Lipinski definition) is 1. The summed E-state index contributed by atoms with van der Waals surface area (Å²) in [4.78, 5) is 3.00. The molecule has 2 heterocycles. The molecule has 0 bridgehead atoms. The minimum absolute atomic E-state index is 0.227. The molecule has 1 atom stereocenters. The van der Waals surface area contributed by atoms with Gasteiger partial charge in [0.05, 0.1) is 12.6 Å². The van der Waals surface area contributed by atoms with E-state index in [-0.39, 0.29) is 6.04 Å². The van der Waals surface area contributed by atoms with E-state index in [1.54, 1.807) is 10.4 Å². The zero-order chi connectivity index (χ0) is 14.4. The first kappa shape index (κ1) is 13.8. The second-order valence-corrected chi connectivity index (χ2v) is 7.84. The number of thiophene rings is 1. The van der Waals surface area contributed by atoms with Gasteiger partial charge < -0.3 is 10.1 Å². The summed E-state index contributed by atoms with van der Waals surface area (Å²) < 4.78 is 7.05. The number of hydrogen-bond acceptors (Lipinski definition) is 3. The third-order valence-electron chi connectivity index (χ3n) is 4.43. The summed E-state index contributed by atoms with van der Waals surface area (Å²) in [6.07, 6.45) is 4.83. The molecule has 4 heteroatoms. The molecule has 1 unspecified atom stereocenters. The van der Waals surface area contributed by atoms with E-state index < -0.39 is 0 Å². The summed E-state index contributed by atoms with van der Waals surface area (Å²) in [6.45, 7) is 0.802. The van der Waals surface area contributed by atoms with Crippen LogP contribution in [0, 0.1) is 0 Å². The molecule has 0 spiro atoms. The molecule has 4 rings (SSSR count). The predicted octanol–water partition coefficient (Wildman–Crippen LogP) is 4.24. The van der Waals surface area contributed by atoms with E-state index in [4.69, 9.17) is 4.74 Å². The van der Waals surface area contributed by atoms with Crippen LogP contribution in [0.1, 0.15) is 38.9 Å². The van der Waals surface area contributed by atoms with Crippen LogP contribution >= 0.6 is 27.3 Å². The van der Waals surface area contributed by atoms with Crippen molar-refractivity contribution in [1.82, 2.24) is 5.32 Å². The van der Waals surface area contributed by atoms with Crippen molar-refractivity contribution in [2.24, 2.45) is 0 Å². The smallest absolute Gasteiger partial charge is 0.127 e. The summed E-state index contributed by atoms with van der Waals surface area (Å²) in [7, 11) is 2.04. The lowest BCUT2D eigenvalue weighted by Crippen LogP contribution is -2.17. The van der Waals surface area contributed by atoms with Gasteiger partial charge in [-0.3, -0.25) is 0 Å². The lowest BCUT2D eigenvalue weighted by molar-refractivity contribution is 0.351. The number of halogens is 1. The average Bonchev–Trinajstić information content (AvgIpc) is 3.13. The first-order valence-electron chi connectivity index (χ1n) is 7.50. The topological polar surface area (TPSA) is 21.3 Å². The van der Waals surface area contributed by atoms with Crippen molar-refractivity contribution < 1.29 is 4.74 Å². The molecule has 1 aliphatic heterocycles. The Kier molecular flexibility index (Phi) is 3.56. The standard InChI is InChI=1S/C17H18BrNOS/c1-19-16(15-8-10-3-2-4-14(10)21-15)13-9-12(18)7-11-5-6-20-17(11)13/h7-9,16,19H,2-6H2,1H3. The SMILES string of the molecule is CNC(c1cc2c(s1)CCC2)c1cc(Br)cc2c1OCC2. The third-order valence-corrected chi connectivity index (χ3v) is 6.19. The Hall–Kier alpha value is -0.840. The highest BCUT2D eigenvalue weighted by Gasteiger charge is 2.26. The van der Waals surface area contributed by atoms with Crippen molar-refractivity contribution in [1.29, 1.82) is 0 Å². The maximum absolute atomic E-state index is 5.91. The minimum Gasteiger partial charge on any atom is -0.493 e. The fraction of sp³-hybridized carbons (Fsp3) is 0.412. The molecule has 2 nitrogen and oxygen atoms in total. The fourth-order valence-electron chi connectivity index (χ4n) is 3.46. The lowest BCUT2D eigenvalue weighted by atomic mass is 10.0. The van der Waals surface area contributed by atoms with Crippen LogP contribution in [0.4, 0.5) is 0 Å². The molecule has 2 aromatic rings. The summed E-state index contributed by atoms with van der Waals surface area (Å²) in [5.74, 6) is 1.09. The van der Waals surface area contributed by atoms with Crippen LogP contribution in [-0.4, -0.2) is 13.7 Å². The normalized spacial score (nSPS) is 17.4. The molecule has 110 valence electrons. The van der Waals surface area contributed by atoms with E-state index >= 15 is 0 Å². The lowest BCUT2D eigenvalue weighted by Gasteiger charge is -2.19. The Labute approximate surface area is 137 Å². The van der Waals surface area contributed by atoms with Crippen LogP contribution in [-0.2, 0) is 19.3 Å². The minimum atomic E-state index is 0.227. The van der Waals surface area contributed by atoms with Crippen molar-refractivity contribution in [3.63, 3.8) is 0 Å². The van der Waals surface area contributed by atoms with Gasteiger partial charge in [-0.25, -0.2) is 0 Å². The molecule has 1 N–H and O–H groups in total. The van der Waals surface area contributed by atoms with E-state index in [2.05, 4.69) is 39.4 Å². The van der Waals surface area contributed by atoms with Gasteiger partial charge in [-0.15, -0.1) is 11.3 Å². The largest absolute Gasteiger partial charge is 0.493 e. The average molecular weight is 364 g/mol. The summed E-state index contributed by atoms with van der Waals surface area (Å²) in [6, 6.07) is 7.02. The molecule has 0 saturated carbocycles. The molecular formula is C17H18BrNOS. The molecule has 1 aliphatic carbocycles. The van der Waals surface area contributed by atoms with E-state index in [0.29, 0.717) is 0 Å². The van der Waals surface area contributed by atoms with E-state index in [1.165, 1.54) is 35.3 Å².